The Bertz CT molecular complexity index is 455. The molecule has 0 N–H and O–H groups in total. The van der Waals surface area contributed by atoms with Crippen LogP contribution in [0, 0.1) is 5.92 Å². The first kappa shape index (κ1) is 12.3. The van der Waals surface area contributed by atoms with Crippen molar-refractivity contribution in [2.24, 2.45) is 5.92 Å². The summed E-state index contributed by atoms with van der Waals surface area (Å²) < 4.78 is 0. The third kappa shape index (κ3) is 1.82. The van der Waals surface area contributed by atoms with Crippen molar-refractivity contribution < 1.29 is 4.79 Å². The van der Waals surface area contributed by atoms with Crippen LogP contribution in [0.5, 0.6) is 0 Å². The maximum atomic E-state index is 10.9. The van der Waals surface area contributed by atoms with Crippen LogP contribution >= 0.6 is 0 Å². The molecule has 0 amide bonds. The number of carbonyl (C=O) groups is 1. The lowest BCUT2D eigenvalue weighted by Crippen LogP contribution is -2.40. The summed E-state index contributed by atoms with van der Waals surface area (Å²) in [7, 11) is 0. The van der Waals surface area contributed by atoms with Gasteiger partial charge in [-0.15, -0.1) is 0 Å². The van der Waals surface area contributed by atoms with Gasteiger partial charge in [0.2, 0.25) is 0 Å². The molecule has 1 atom stereocenters. The van der Waals surface area contributed by atoms with Crippen LogP contribution in [0.2, 0.25) is 0 Å². The molecule has 1 aliphatic rings. The minimum Gasteiger partial charge on any atom is -0.298 e. The summed E-state index contributed by atoms with van der Waals surface area (Å²) in [6, 6.07) is 6.17. The fourth-order valence-electron chi connectivity index (χ4n) is 3.15. The smallest absolute Gasteiger partial charge is 0.150 e. The Morgan fingerprint density at radius 3 is 2.41 bits per heavy atom. The molecule has 0 radical (unpaired) electrons. The highest BCUT2D eigenvalue weighted by atomic mass is 16.1. The van der Waals surface area contributed by atoms with E-state index in [1.54, 1.807) is 0 Å². The summed E-state index contributed by atoms with van der Waals surface area (Å²) in [5, 5.41) is 0. The van der Waals surface area contributed by atoms with Crippen LogP contribution in [0.3, 0.4) is 0 Å². The summed E-state index contributed by atoms with van der Waals surface area (Å²) >= 11 is 0. The van der Waals surface area contributed by atoms with E-state index in [1.807, 2.05) is 6.07 Å². The molecule has 1 aromatic carbocycles. The van der Waals surface area contributed by atoms with Crippen LogP contribution in [0.25, 0.3) is 0 Å². The van der Waals surface area contributed by atoms with Gasteiger partial charge in [-0.1, -0.05) is 46.8 Å². The molecule has 0 saturated heterocycles. The zero-order valence-electron chi connectivity index (χ0n) is 11.5. The van der Waals surface area contributed by atoms with E-state index in [9.17, 15) is 4.79 Å². The first-order valence-corrected chi connectivity index (χ1v) is 6.39. The molecule has 0 heterocycles. The highest BCUT2D eigenvalue weighted by molar-refractivity contribution is 5.75. The molecule has 0 saturated carbocycles. The molecule has 2 rings (SSSR count). The Balaban J connectivity index is 2.68. The minimum atomic E-state index is 0.157. The highest BCUT2D eigenvalue weighted by Gasteiger charge is 2.41. The molecule has 1 heteroatoms. The lowest BCUT2D eigenvalue weighted by molar-refractivity contribution is 0.112. The van der Waals surface area contributed by atoms with Crippen molar-refractivity contribution in [2.75, 3.05) is 0 Å². The van der Waals surface area contributed by atoms with Crippen molar-refractivity contribution in [1.82, 2.24) is 0 Å². The zero-order valence-corrected chi connectivity index (χ0v) is 11.5. The van der Waals surface area contributed by atoms with Gasteiger partial charge >= 0.3 is 0 Å². The Hall–Kier alpha value is -1.11. The molecular formula is C16H22O. The van der Waals surface area contributed by atoms with Crippen molar-refractivity contribution in [3.63, 3.8) is 0 Å². The van der Waals surface area contributed by atoms with Gasteiger partial charge in [0.05, 0.1) is 0 Å². The maximum Gasteiger partial charge on any atom is 0.150 e. The molecule has 0 fully saturated rings. The monoisotopic (exact) mass is 230 g/mol. The van der Waals surface area contributed by atoms with Gasteiger partial charge in [0, 0.05) is 5.56 Å². The molecule has 92 valence electrons. The van der Waals surface area contributed by atoms with Crippen LogP contribution < -0.4 is 0 Å². The van der Waals surface area contributed by atoms with Gasteiger partial charge in [-0.2, -0.15) is 0 Å². The minimum absolute atomic E-state index is 0.157. The third-order valence-corrected chi connectivity index (χ3v) is 4.65. The molecule has 1 aliphatic carbocycles. The quantitative estimate of drug-likeness (QED) is 0.664. The third-order valence-electron chi connectivity index (χ3n) is 4.65. The van der Waals surface area contributed by atoms with Crippen LogP contribution in [-0.4, -0.2) is 6.29 Å². The van der Waals surface area contributed by atoms with Gasteiger partial charge in [-0.05, 0) is 40.4 Å². The van der Waals surface area contributed by atoms with E-state index in [0.29, 0.717) is 5.92 Å². The zero-order chi connectivity index (χ0) is 12.8. The topological polar surface area (TPSA) is 17.1 Å². The van der Waals surface area contributed by atoms with Gasteiger partial charge in [0.25, 0.3) is 0 Å². The number of hydrogen-bond donors (Lipinski definition) is 0. The van der Waals surface area contributed by atoms with E-state index < -0.39 is 0 Å². The van der Waals surface area contributed by atoms with Crippen LogP contribution in [-0.2, 0) is 10.8 Å². The van der Waals surface area contributed by atoms with Gasteiger partial charge in [-0.25, -0.2) is 0 Å². The molecule has 0 bridgehead atoms. The molecule has 1 unspecified atom stereocenters. The summed E-state index contributed by atoms with van der Waals surface area (Å²) in [5.74, 6) is 0.631. The molecule has 17 heavy (non-hydrogen) atoms. The second-order valence-corrected chi connectivity index (χ2v) is 6.63. The lowest BCUT2D eigenvalue weighted by Gasteiger charge is -2.46. The number of hydrogen-bond acceptors (Lipinski definition) is 1. The van der Waals surface area contributed by atoms with E-state index in [2.05, 4.69) is 46.8 Å². The van der Waals surface area contributed by atoms with Gasteiger partial charge in [0.1, 0.15) is 6.29 Å². The second-order valence-electron chi connectivity index (χ2n) is 6.63. The van der Waals surface area contributed by atoms with Crippen LogP contribution in [0.15, 0.2) is 18.2 Å². The second kappa shape index (κ2) is 3.69. The molecule has 1 nitrogen and oxygen atoms in total. The number of fused-ring (bicyclic) bond motifs is 1. The van der Waals surface area contributed by atoms with Crippen LogP contribution in [0.4, 0.5) is 0 Å². The molecular weight excluding hydrogens is 208 g/mol. The first-order chi connectivity index (χ1) is 7.79. The highest BCUT2D eigenvalue weighted by Crippen LogP contribution is 2.48. The first-order valence-electron chi connectivity index (χ1n) is 6.39. The number of benzene rings is 1. The summed E-state index contributed by atoms with van der Waals surface area (Å²) in [6.45, 7) is 11.5. The van der Waals surface area contributed by atoms with Crippen molar-refractivity contribution in [2.45, 2.75) is 51.9 Å². The molecule has 0 aromatic heterocycles. The average molecular weight is 230 g/mol. The van der Waals surface area contributed by atoms with Crippen molar-refractivity contribution in [3.8, 4) is 0 Å². The summed E-state index contributed by atoms with van der Waals surface area (Å²) in [5.41, 5.74) is 3.93. The lowest BCUT2D eigenvalue weighted by atomic mass is 9.58. The standard InChI is InChI=1S/C16H22O/c1-11-9-15(2,3)13-7-6-12(10-17)8-14(13)16(11,4)5/h6-8,10-11H,9H2,1-5H3. The normalized spacial score (nSPS) is 25.1. The average Bonchev–Trinajstić information content (AvgIpc) is 2.26. The van der Waals surface area contributed by atoms with Gasteiger partial charge in [-0.3, -0.25) is 4.79 Å². The fraction of sp³-hybridized carbons (Fsp3) is 0.562. The molecule has 0 aliphatic heterocycles. The van der Waals surface area contributed by atoms with Crippen molar-refractivity contribution >= 4 is 6.29 Å². The van der Waals surface area contributed by atoms with E-state index in [4.69, 9.17) is 0 Å². The largest absolute Gasteiger partial charge is 0.298 e. The fourth-order valence-corrected chi connectivity index (χ4v) is 3.15. The van der Waals surface area contributed by atoms with Gasteiger partial charge in [0.15, 0.2) is 0 Å². The predicted molar refractivity (Wildman–Crippen MR) is 71.7 cm³/mol. The molecule has 1 aromatic rings. The van der Waals surface area contributed by atoms with E-state index >= 15 is 0 Å². The van der Waals surface area contributed by atoms with Gasteiger partial charge < -0.3 is 0 Å². The molecule has 0 spiro atoms. The summed E-state index contributed by atoms with van der Waals surface area (Å²) in [4.78, 5) is 10.9. The SMILES string of the molecule is CC1CC(C)(C)c2ccc(C=O)cc2C1(C)C. The Morgan fingerprint density at radius 1 is 1.18 bits per heavy atom. The number of carbonyl (C=O) groups excluding carboxylic acids is 1. The Morgan fingerprint density at radius 2 is 1.82 bits per heavy atom. The van der Waals surface area contributed by atoms with E-state index in [1.165, 1.54) is 17.5 Å². The van der Waals surface area contributed by atoms with Crippen LogP contribution in [0.1, 0.15) is 62.5 Å². The number of aldehydes is 1. The van der Waals surface area contributed by atoms with Crippen molar-refractivity contribution in [3.05, 3.63) is 34.9 Å². The predicted octanol–water partition coefficient (Wildman–Crippen LogP) is 4.09. The summed E-state index contributed by atoms with van der Waals surface area (Å²) in [6.07, 6.45) is 2.15. The Kier molecular flexibility index (Phi) is 2.68. The van der Waals surface area contributed by atoms with E-state index in [-0.39, 0.29) is 10.8 Å². The maximum absolute atomic E-state index is 10.9. The van der Waals surface area contributed by atoms with E-state index in [0.717, 1.165) is 11.8 Å². The number of rotatable bonds is 1. The van der Waals surface area contributed by atoms with Crippen molar-refractivity contribution in [1.29, 1.82) is 0 Å². The Labute approximate surface area is 104 Å².